The number of amides is 2. The molecule has 3 aromatic carbocycles. The first kappa shape index (κ1) is 28.8. The van der Waals surface area contributed by atoms with Crippen LogP contribution in [0.1, 0.15) is 22.8 Å². The fraction of sp³-hybridized carbons (Fsp3) is 0.200. The van der Waals surface area contributed by atoms with Gasteiger partial charge in [0.1, 0.15) is 0 Å². The van der Waals surface area contributed by atoms with Crippen LogP contribution >= 0.6 is 11.6 Å². The second-order valence-electron chi connectivity index (χ2n) is 7.76. The number of ether oxygens (including phenoxy) is 1. The number of halogens is 4. The molecule has 0 saturated carbocycles. The third kappa shape index (κ3) is 7.39. The third-order valence-electron chi connectivity index (χ3n) is 5.12. The molecular formula is C25H23ClF3N3O5S. The van der Waals surface area contributed by atoms with Crippen LogP contribution in [0.2, 0.25) is 5.02 Å². The SMILES string of the molecule is CCOC(=O)c1ccc(NC(=O)NCCN(c2cccc(C(F)(F)F)c2)S(=O)(=O)c2ccc(Cl)cc2)cc1. The summed E-state index contributed by atoms with van der Waals surface area (Å²) in [7, 11) is -4.32. The molecule has 3 rings (SSSR count). The Balaban J connectivity index is 1.75. The van der Waals surface area contributed by atoms with Gasteiger partial charge < -0.3 is 15.4 Å². The molecule has 0 heterocycles. The molecular weight excluding hydrogens is 547 g/mol. The lowest BCUT2D eigenvalue weighted by Gasteiger charge is -2.25. The monoisotopic (exact) mass is 569 g/mol. The summed E-state index contributed by atoms with van der Waals surface area (Å²) >= 11 is 5.84. The maximum absolute atomic E-state index is 13.3. The Morgan fingerprint density at radius 3 is 2.26 bits per heavy atom. The summed E-state index contributed by atoms with van der Waals surface area (Å²) in [6.07, 6.45) is -4.69. The molecule has 0 fully saturated rings. The maximum atomic E-state index is 13.3. The lowest BCUT2D eigenvalue weighted by molar-refractivity contribution is -0.137. The van der Waals surface area contributed by atoms with Gasteiger partial charge in [-0.05, 0) is 73.7 Å². The molecule has 0 spiro atoms. The molecule has 0 atom stereocenters. The third-order valence-corrected chi connectivity index (χ3v) is 7.21. The van der Waals surface area contributed by atoms with Gasteiger partial charge in [0.15, 0.2) is 0 Å². The number of hydrogen-bond donors (Lipinski definition) is 2. The van der Waals surface area contributed by atoms with Crippen molar-refractivity contribution < 1.29 is 35.9 Å². The van der Waals surface area contributed by atoms with Gasteiger partial charge in [-0.1, -0.05) is 17.7 Å². The Morgan fingerprint density at radius 1 is 1.00 bits per heavy atom. The molecule has 0 saturated heterocycles. The number of carbonyl (C=O) groups excluding carboxylic acids is 2. The van der Waals surface area contributed by atoms with Crippen LogP contribution in [0.3, 0.4) is 0 Å². The number of carbonyl (C=O) groups is 2. The number of anilines is 2. The highest BCUT2D eigenvalue weighted by molar-refractivity contribution is 7.92. The fourth-order valence-electron chi connectivity index (χ4n) is 3.31. The first-order valence-electron chi connectivity index (χ1n) is 11.2. The van der Waals surface area contributed by atoms with E-state index in [0.717, 1.165) is 22.5 Å². The first-order chi connectivity index (χ1) is 17.9. The van der Waals surface area contributed by atoms with Crippen molar-refractivity contribution in [1.29, 1.82) is 0 Å². The summed E-state index contributed by atoms with van der Waals surface area (Å²) < 4.78 is 72.2. The van der Waals surface area contributed by atoms with Crippen molar-refractivity contribution >= 4 is 45.0 Å². The molecule has 3 aromatic rings. The number of esters is 1. The quantitative estimate of drug-likeness (QED) is 0.329. The predicted molar refractivity (Wildman–Crippen MR) is 137 cm³/mol. The van der Waals surface area contributed by atoms with E-state index in [9.17, 15) is 31.2 Å². The van der Waals surface area contributed by atoms with Crippen molar-refractivity contribution in [2.45, 2.75) is 18.0 Å². The van der Waals surface area contributed by atoms with Crippen LogP contribution in [0, 0.1) is 0 Å². The number of benzene rings is 3. The largest absolute Gasteiger partial charge is 0.462 e. The number of rotatable bonds is 9. The van der Waals surface area contributed by atoms with Crippen molar-refractivity contribution in [1.82, 2.24) is 5.32 Å². The molecule has 0 aliphatic heterocycles. The minimum atomic E-state index is -4.69. The smallest absolute Gasteiger partial charge is 0.416 e. The van der Waals surface area contributed by atoms with E-state index in [2.05, 4.69) is 10.6 Å². The maximum Gasteiger partial charge on any atom is 0.416 e. The highest BCUT2D eigenvalue weighted by Crippen LogP contribution is 2.33. The number of alkyl halides is 3. The molecule has 38 heavy (non-hydrogen) atoms. The zero-order valence-electron chi connectivity index (χ0n) is 20.0. The number of sulfonamides is 1. The number of urea groups is 1. The van der Waals surface area contributed by atoms with Gasteiger partial charge in [-0.2, -0.15) is 13.2 Å². The summed E-state index contributed by atoms with van der Waals surface area (Å²) in [4.78, 5) is 23.9. The van der Waals surface area contributed by atoms with Crippen LogP contribution in [0.5, 0.6) is 0 Å². The van der Waals surface area contributed by atoms with E-state index in [0.29, 0.717) is 11.3 Å². The lowest BCUT2D eigenvalue weighted by atomic mass is 10.2. The Kier molecular flexibility index (Phi) is 9.23. The number of nitrogens with one attached hydrogen (secondary N) is 2. The first-order valence-corrected chi connectivity index (χ1v) is 13.0. The average molecular weight is 570 g/mol. The standard InChI is InChI=1S/C25H23ClF3N3O5S/c1-2-37-23(33)17-6-10-20(11-7-17)31-24(34)30-14-15-32(21-5-3-4-18(16-21)25(27,28)29)38(35,36)22-12-8-19(26)9-13-22/h3-13,16H,2,14-15H2,1H3,(H2,30,31,34). The minimum Gasteiger partial charge on any atom is -0.462 e. The van der Waals surface area contributed by atoms with Crippen LogP contribution in [0.15, 0.2) is 77.7 Å². The molecule has 0 aromatic heterocycles. The van der Waals surface area contributed by atoms with Crippen LogP contribution in [0.4, 0.5) is 29.3 Å². The van der Waals surface area contributed by atoms with E-state index in [-0.39, 0.29) is 35.3 Å². The van der Waals surface area contributed by atoms with Crippen LogP contribution < -0.4 is 14.9 Å². The van der Waals surface area contributed by atoms with E-state index in [1.54, 1.807) is 6.92 Å². The van der Waals surface area contributed by atoms with Gasteiger partial charge in [0.2, 0.25) is 0 Å². The Hall–Kier alpha value is -3.77. The molecule has 8 nitrogen and oxygen atoms in total. The molecule has 0 radical (unpaired) electrons. The summed E-state index contributed by atoms with van der Waals surface area (Å²) in [5, 5.41) is 5.28. The van der Waals surface area contributed by atoms with E-state index >= 15 is 0 Å². The Morgan fingerprint density at radius 2 is 1.66 bits per heavy atom. The van der Waals surface area contributed by atoms with Gasteiger partial charge in [0.25, 0.3) is 10.0 Å². The lowest BCUT2D eigenvalue weighted by Crippen LogP contribution is -2.40. The van der Waals surface area contributed by atoms with Crippen molar-refractivity contribution in [2.24, 2.45) is 0 Å². The van der Waals surface area contributed by atoms with Crippen molar-refractivity contribution in [2.75, 3.05) is 29.3 Å². The zero-order chi connectivity index (χ0) is 27.9. The van der Waals surface area contributed by atoms with E-state index < -0.39 is 33.8 Å². The van der Waals surface area contributed by atoms with Crippen LogP contribution in [-0.2, 0) is 20.9 Å². The predicted octanol–water partition coefficient (Wildman–Crippen LogP) is 5.55. The van der Waals surface area contributed by atoms with Gasteiger partial charge in [0, 0.05) is 17.3 Å². The van der Waals surface area contributed by atoms with E-state index in [4.69, 9.17) is 16.3 Å². The molecule has 0 unspecified atom stereocenters. The minimum absolute atomic E-state index is 0.189. The summed E-state index contributed by atoms with van der Waals surface area (Å²) in [5.74, 6) is -0.514. The highest BCUT2D eigenvalue weighted by atomic mass is 35.5. The average Bonchev–Trinajstić information content (AvgIpc) is 2.87. The number of nitrogens with zero attached hydrogens (tertiary/aromatic N) is 1. The van der Waals surface area contributed by atoms with E-state index in [1.165, 1.54) is 54.6 Å². The van der Waals surface area contributed by atoms with Crippen LogP contribution in [-0.4, -0.2) is 40.1 Å². The normalized spacial score (nSPS) is 11.5. The summed E-state index contributed by atoms with van der Waals surface area (Å²) in [5.41, 5.74) is -0.615. The second kappa shape index (κ2) is 12.2. The molecule has 2 N–H and O–H groups in total. The molecule has 13 heteroatoms. The van der Waals surface area contributed by atoms with Gasteiger partial charge in [0.05, 0.1) is 34.9 Å². The molecule has 2 amide bonds. The molecule has 0 bridgehead atoms. The Labute approximate surface area is 222 Å². The summed E-state index contributed by atoms with van der Waals surface area (Å²) in [6.45, 7) is 1.27. The fourth-order valence-corrected chi connectivity index (χ4v) is 4.89. The molecule has 202 valence electrons. The van der Waals surface area contributed by atoms with Gasteiger partial charge in [-0.3, -0.25) is 4.31 Å². The van der Waals surface area contributed by atoms with E-state index in [1.807, 2.05) is 0 Å². The van der Waals surface area contributed by atoms with Crippen molar-refractivity contribution in [3.8, 4) is 0 Å². The summed E-state index contributed by atoms with van der Waals surface area (Å²) in [6, 6.07) is 14.2. The molecule has 0 aliphatic carbocycles. The Bertz CT molecular complexity index is 1380. The van der Waals surface area contributed by atoms with Gasteiger partial charge >= 0.3 is 18.2 Å². The number of hydrogen-bond acceptors (Lipinski definition) is 5. The van der Waals surface area contributed by atoms with Crippen molar-refractivity contribution in [3.63, 3.8) is 0 Å². The highest BCUT2D eigenvalue weighted by Gasteiger charge is 2.32. The topological polar surface area (TPSA) is 105 Å². The van der Waals surface area contributed by atoms with Gasteiger partial charge in [-0.15, -0.1) is 0 Å². The van der Waals surface area contributed by atoms with Crippen molar-refractivity contribution in [3.05, 3.63) is 88.9 Å². The van der Waals surface area contributed by atoms with Gasteiger partial charge in [-0.25, -0.2) is 18.0 Å². The second-order valence-corrected chi connectivity index (χ2v) is 10.1. The molecule has 0 aliphatic rings. The zero-order valence-corrected chi connectivity index (χ0v) is 21.5. The van der Waals surface area contributed by atoms with Crippen LogP contribution in [0.25, 0.3) is 0 Å².